The van der Waals surface area contributed by atoms with E-state index in [1.165, 1.54) is 24.3 Å². The number of piperidine rings is 1. The molecule has 0 aromatic heterocycles. The highest BCUT2D eigenvalue weighted by atomic mass is 32.2. The van der Waals surface area contributed by atoms with Crippen LogP contribution in [0.4, 0.5) is 5.69 Å². The summed E-state index contributed by atoms with van der Waals surface area (Å²) in [7, 11) is -3.87. The van der Waals surface area contributed by atoms with Crippen molar-refractivity contribution in [2.45, 2.75) is 31.6 Å². The third-order valence-electron chi connectivity index (χ3n) is 5.80. The van der Waals surface area contributed by atoms with Gasteiger partial charge in [-0.1, -0.05) is 36.8 Å². The third kappa shape index (κ3) is 4.00. The van der Waals surface area contributed by atoms with Crippen molar-refractivity contribution in [1.82, 2.24) is 4.90 Å². The van der Waals surface area contributed by atoms with Crippen LogP contribution >= 0.6 is 0 Å². The maximum absolute atomic E-state index is 13.5. The van der Waals surface area contributed by atoms with Gasteiger partial charge in [0.2, 0.25) is 10.0 Å². The lowest BCUT2D eigenvalue weighted by Gasteiger charge is -2.33. The molecule has 2 aromatic rings. The third-order valence-corrected chi connectivity index (χ3v) is 6.73. The molecule has 0 aliphatic carbocycles. The molecule has 162 valence electrons. The minimum absolute atomic E-state index is 0.0767. The van der Waals surface area contributed by atoms with Gasteiger partial charge < -0.3 is 4.90 Å². The summed E-state index contributed by atoms with van der Waals surface area (Å²) >= 11 is 0. The van der Waals surface area contributed by atoms with Gasteiger partial charge in [-0.2, -0.15) is 0 Å². The molecule has 2 amide bonds. The first-order valence-corrected chi connectivity index (χ1v) is 11.8. The molecule has 0 radical (unpaired) electrons. The highest BCUT2D eigenvalue weighted by Gasteiger charge is 2.43. The zero-order chi connectivity index (χ0) is 22.3. The van der Waals surface area contributed by atoms with Crippen molar-refractivity contribution in [2.24, 2.45) is 11.1 Å². The van der Waals surface area contributed by atoms with Crippen molar-refractivity contribution >= 4 is 33.1 Å². The summed E-state index contributed by atoms with van der Waals surface area (Å²) in [6.07, 6.45) is 2.04. The standard InChI is InChI=1S/C23H25N3O4S/c1-15-5-7-17(8-6-15)20-21(25-13-3-4-16(2)14-25)23(28)26(22(20)27)18-9-11-19(12-10-18)31(24,29)30/h5-12,16H,3-4,13-14H2,1-2H3,(H2,24,29,30). The van der Waals surface area contributed by atoms with Gasteiger partial charge >= 0.3 is 0 Å². The molecule has 7 nitrogen and oxygen atoms in total. The monoisotopic (exact) mass is 439 g/mol. The predicted molar refractivity (Wildman–Crippen MR) is 118 cm³/mol. The number of nitrogens with two attached hydrogens (primary N) is 1. The number of anilines is 1. The lowest BCUT2D eigenvalue weighted by molar-refractivity contribution is -0.120. The fourth-order valence-corrected chi connectivity index (χ4v) is 4.72. The Bertz CT molecular complexity index is 1170. The van der Waals surface area contributed by atoms with Crippen LogP contribution in [-0.4, -0.2) is 38.2 Å². The van der Waals surface area contributed by atoms with E-state index < -0.39 is 21.8 Å². The Labute approximate surface area is 182 Å². The summed E-state index contributed by atoms with van der Waals surface area (Å²) < 4.78 is 23.1. The van der Waals surface area contributed by atoms with Crippen LogP contribution in [0, 0.1) is 12.8 Å². The van der Waals surface area contributed by atoms with Gasteiger partial charge in [0.25, 0.3) is 11.8 Å². The predicted octanol–water partition coefficient (Wildman–Crippen LogP) is 2.66. The second kappa shape index (κ2) is 7.94. The Morgan fingerprint density at radius 1 is 0.968 bits per heavy atom. The van der Waals surface area contributed by atoms with Crippen molar-refractivity contribution in [3.8, 4) is 0 Å². The number of hydrogen-bond donors (Lipinski definition) is 1. The van der Waals surface area contributed by atoms with Crippen LogP contribution in [0.3, 0.4) is 0 Å². The molecule has 1 unspecified atom stereocenters. The topological polar surface area (TPSA) is 101 Å². The first kappa shape index (κ1) is 21.3. The summed E-state index contributed by atoms with van der Waals surface area (Å²) in [5.74, 6) is -0.380. The van der Waals surface area contributed by atoms with Crippen molar-refractivity contribution in [1.29, 1.82) is 0 Å². The Balaban J connectivity index is 1.79. The minimum atomic E-state index is -3.87. The number of rotatable bonds is 4. The van der Waals surface area contributed by atoms with Crippen LogP contribution in [0.25, 0.3) is 5.57 Å². The number of benzene rings is 2. The summed E-state index contributed by atoms with van der Waals surface area (Å²) in [4.78, 5) is 30.1. The van der Waals surface area contributed by atoms with E-state index >= 15 is 0 Å². The average Bonchev–Trinajstić information content (AvgIpc) is 2.98. The Morgan fingerprint density at radius 3 is 2.19 bits per heavy atom. The molecule has 2 heterocycles. The number of imide groups is 1. The smallest absolute Gasteiger partial charge is 0.282 e. The molecular weight excluding hydrogens is 414 g/mol. The first-order valence-electron chi connectivity index (χ1n) is 10.2. The molecule has 8 heteroatoms. The largest absolute Gasteiger partial charge is 0.366 e. The molecule has 0 spiro atoms. The number of carbonyl (C=O) groups is 2. The van der Waals surface area contributed by atoms with Gasteiger partial charge in [0.05, 0.1) is 16.2 Å². The molecule has 1 fully saturated rings. The van der Waals surface area contributed by atoms with Crippen LogP contribution < -0.4 is 10.0 Å². The molecular formula is C23H25N3O4S. The normalized spacial score (nSPS) is 20.0. The van der Waals surface area contributed by atoms with Crippen molar-refractivity contribution in [2.75, 3.05) is 18.0 Å². The molecule has 2 aliphatic rings. The van der Waals surface area contributed by atoms with E-state index in [2.05, 4.69) is 6.92 Å². The number of nitrogens with zero attached hydrogens (tertiary/aromatic N) is 2. The number of likely N-dealkylation sites (tertiary alicyclic amines) is 1. The summed E-state index contributed by atoms with van der Waals surface area (Å²) in [5, 5.41) is 5.17. The molecule has 1 saturated heterocycles. The van der Waals surface area contributed by atoms with Gasteiger partial charge in [-0.15, -0.1) is 0 Å². The molecule has 2 aliphatic heterocycles. The summed E-state index contributed by atoms with van der Waals surface area (Å²) in [6, 6.07) is 13.0. The number of amides is 2. The highest BCUT2D eigenvalue weighted by Crippen LogP contribution is 2.36. The highest BCUT2D eigenvalue weighted by molar-refractivity contribution is 7.89. The second-order valence-corrected chi connectivity index (χ2v) is 9.83. The van der Waals surface area contributed by atoms with Gasteiger partial charge in [-0.25, -0.2) is 18.5 Å². The van der Waals surface area contributed by atoms with Crippen LogP contribution in [0.5, 0.6) is 0 Å². The van der Waals surface area contributed by atoms with Crippen molar-refractivity contribution < 1.29 is 18.0 Å². The SMILES string of the molecule is Cc1ccc(C2=C(N3CCCC(C)C3)C(=O)N(c3ccc(S(N)(=O)=O)cc3)C2=O)cc1. The quantitative estimate of drug-likeness (QED) is 0.738. The summed E-state index contributed by atoms with van der Waals surface area (Å²) in [6.45, 7) is 5.53. The first-order chi connectivity index (χ1) is 14.7. The number of aryl methyl sites for hydroxylation is 1. The van der Waals surface area contributed by atoms with E-state index in [-0.39, 0.29) is 4.90 Å². The Kier molecular flexibility index (Phi) is 5.45. The van der Waals surface area contributed by atoms with Crippen LogP contribution in [0.2, 0.25) is 0 Å². The fourth-order valence-electron chi connectivity index (χ4n) is 4.20. The molecule has 0 bridgehead atoms. The lowest BCUT2D eigenvalue weighted by Crippen LogP contribution is -2.39. The molecule has 4 rings (SSSR count). The summed E-state index contributed by atoms with van der Waals surface area (Å²) in [5.41, 5.74) is 2.86. The maximum Gasteiger partial charge on any atom is 0.282 e. The zero-order valence-corrected chi connectivity index (χ0v) is 18.4. The van der Waals surface area contributed by atoms with Gasteiger partial charge in [0, 0.05) is 13.1 Å². The van der Waals surface area contributed by atoms with Gasteiger partial charge in [-0.05, 0) is 55.5 Å². The van der Waals surface area contributed by atoms with E-state index in [0.717, 1.165) is 23.3 Å². The number of hydrogen-bond acceptors (Lipinski definition) is 5. The molecule has 0 saturated carbocycles. The van der Waals surface area contributed by atoms with Crippen LogP contribution in [0.15, 0.2) is 59.1 Å². The molecule has 2 N–H and O–H groups in total. The van der Waals surface area contributed by atoms with Gasteiger partial charge in [-0.3, -0.25) is 9.59 Å². The number of sulfonamides is 1. The lowest BCUT2D eigenvalue weighted by atomic mass is 9.97. The number of primary sulfonamides is 1. The molecule has 1 atom stereocenters. The Morgan fingerprint density at radius 2 is 1.61 bits per heavy atom. The zero-order valence-electron chi connectivity index (χ0n) is 17.5. The van der Waals surface area contributed by atoms with Crippen molar-refractivity contribution in [3.63, 3.8) is 0 Å². The average molecular weight is 440 g/mol. The van der Waals surface area contributed by atoms with E-state index in [9.17, 15) is 18.0 Å². The Hall–Kier alpha value is -2.97. The van der Waals surface area contributed by atoms with E-state index in [1.807, 2.05) is 36.1 Å². The van der Waals surface area contributed by atoms with E-state index in [1.54, 1.807) is 0 Å². The maximum atomic E-state index is 13.5. The van der Waals surface area contributed by atoms with Gasteiger partial charge in [0.15, 0.2) is 0 Å². The van der Waals surface area contributed by atoms with Crippen LogP contribution in [0.1, 0.15) is 30.9 Å². The second-order valence-electron chi connectivity index (χ2n) is 8.27. The van der Waals surface area contributed by atoms with E-state index in [0.29, 0.717) is 41.5 Å². The molecule has 31 heavy (non-hydrogen) atoms. The minimum Gasteiger partial charge on any atom is -0.366 e. The fraction of sp³-hybridized carbons (Fsp3) is 0.304. The van der Waals surface area contributed by atoms with E-state index in [4.69, 9.17) is 5.14 Å². The van der Waals surface area contributed by atoms with Crippen molar-refractivity contribution in [3.05, 3.63) is 65.4 Å². The van der Waals surface area contributed by atoms with Gasteiger partial charge in [0.1, 0.15) is 5.70 Å². The van der Waals surface area contributed by atoms with Crippen LogP contribution in [-0.2, 0) is 19.6 Å². The molecule has 2 aromatic carbocycles. The number of carbonyl (C=O) groups excluding carboxylic acids is 2.